The maximum Gasteiger partial charge on any atom is 0.221 e. The summed E-state index contributed by atoms with van der Waals surface area (Å²) in [7, 11) is 0. The number of rotatable bonds is 9. The Morgan fingerprint density at radius 2 is 1.76 bits per heavy atom. The van der Waals surface area contributed by atoms with Gasteiger partial charge in [0, 0.05) is 32.2 Å². The van der Waals surface area contributed by atoms with E-state index in [0.717, 1.165) is 50.7 Å². The van der Waals surface area contributed by atoms with E-state index in [2.05, 4.69) is 39.9 Å². The van der Waals surface area contributed by atoms with E-state index < -0.39 is 0 Å². The fourth-order valence-corrected chi connectivity index (χ4v) is 3.47. The molecule has 2 rings (SSSR count). The van der Waals surface area contributed by atoms with Crippen molar-refractivity contribution in [1.29, 1.82) is 0 Å². The molecule has 1 amide bonds. The predicted molar refractivity (Wildman–Crippen MR) is 133 cm³/mol. The van der Waals surface area contributed by atoms with Crippen LogP contribution in [0.1, 0.15) is 51.5 Å². The minimum atomic E-state index is -0.0447. The Balaban J connectivity index is 0.00000420. The summed E-state index contributed by atoms with van der Waals surface area (Å²) in [6, 6.07) is 7.99. The summed E-state index contributed by atoms with van der Waals surface area (Å²) in [4.78, 5) is 18.4. The minimum absolute atomic E-state index is 0. The summed E-state index contributed by atoms with van der Waals surface area (Å²) in [5, 5.41) is 9.54. The molecule has 1 aromatic rings. The van der Waals surface area contributed by atoms with Gasteiger partial charge in [0.1, 0.15) is 0 Å². The third kappa shape index (κ3) is 11.4. The number of aliphatic imine (C=N–C) groups is 1. The van der Waals surface area contributed by atoms with Crippen molar-refractivity contribution < 1.29 is 4.79 Å². The molecule has 0 aliphatic carbocycles. The zero-order valence-corrected chi connectivity index (χ0v) is 20.3. The molecule has 1 aliphatic rings. The number of halogens is 1. The highest BCUT2D eigenvalue weighted by Gasteiger charge is 2.08. The lowest BCUT2D eigenvalue weighted by molar-refractivity contribution is -0.114. The van der Waals surface area contributed by atoms with Gasteiger partial charge < -0.3 is 20.9 Å². The second-order valence-corrected chi connectivity index (χ2v) is 7.42. The van der Waals surface area contributed by atoms with E-state index in [1.54, 1.807) is 0 Å². The fourth-order valence-electron chi connectivity index (χ4n) is 3.47. The first-order valence-corrected chi connectivity index (χ1v) is 10.8. The first-order chi connectivity index (χ1) is 13.7. The van der Waals surface area contributed by atoms with Crippen LogP contribution in [0.15, 0.2) is 29.3 Å². The van der Waals surface area contributed by atoms with Crippen molar-refractivity contribution in [1.82, 2.24) is 15.5 Å². The normalized spacial score (nSPS) is 15.2. The zero-order chi connectivity index (χ0) is 20.0. The van der Waals surface area contributed by atoms with Gasteiger partial charge in [-0.2, -0.15) is 0 Å². The lowest BCUT2D eigenvalue weighted by Gasteiger charge is -2.19. The molecule has 1 aromatic carbocycles. The summed E-state index contributed by atoms with van der Waals surface area (Å²) >= 11 is 0. The molecule has 6 nitrogen and oxygen atoms in total. The summed E-state index contributed by atoms with van der Waals surface area (Å²) in [5.74, 6) is 0.852. The number of hydrogen-bond donors (Lipinski definition) is 3. The molecular formula is C22H38IN5O. The molecule has 1 saturated heterocycles. The largest absolute Gasteiger partial charge is 0.357 e. The third-order valence-electron chi connectivity index (χ3n) is 4.93. The SMILES string of the molecule is CCNC(=NCCCN1CCCCCC1)NCCc1ccc(NC(C)=O)cc1.I. The van der Waals surface area contributed by atoms with Crippen molar-refractivity contribution in [3.8, 4) is 0 Å². The lowest BCUT2D eigenvalue weighted by Crippen LogP contribution is -2.38. The van der Waals surface area contributed by atoms with Gasteiger partial charge in [-0.15, -0.1) is 24.0 Å². The Hall–Kier alpha value is -1.35. The monoisotopic (exact) mass is 515 g/mol. The molecule has 29 heavy (non-hydrogen) atoms. The van der Waals surface area contributed by atoms with Crippen molar-refractivity contribution >= 4 is 41.5 Å². The second kappa shape index (κ2) is 15.5. The van der Waals surface area contributed by atoms with Crippen LogP contribution in [-0.2, 0) is 11.2 Å². The summed E-state index contributed by atoms with van der Waals surface area (Å²) in [6.45, 7) is 9.83. The number of carbonyl (C=O) groups is 1. The molecule has 0 radical (unpaired) electrons. The average molecular weight is 515 g/mol. The molecule has 3 N–H and O–H groups in total. The Kier molecular flexibility index (Phi) is 13.7. The lowest BCUT2D eigenvalue weighted by atomic mass is 10.1. The maximum atomic E-state index is 11.1. The smallest absolute Gasteiger partial charge is 0.221 e. The van der Waals surface area contributed by atoms with Gasteiger partial charge in [-0.25, -0.2) is 0 Å². The molecule has 0 aromatic heterocycles. The van der Waals surface area contributed by atoms with Crippen molar-refractivity contribution in [2.75, 3.05) is 44.6 Å². The molecule has 0 spiro atoms. The van der Waals surface area contributed by atoms with E-state index in [9.17, 15) is 4.79 Å². The predicted octanol–water partition coefficient (Wildman–Crippen LogP) is 3.63. The van der Waals surface area contributed by atoms with Crippen molar-refractivity contribution in [2.24, 2.45) is 4.99 Å². The van der Waals surface area contributed by atoms with Gasteiger partial charge in [0.2, 0.25) is 5.91 Å². The number of guanidine groups is 1. The molecule has 1 heterocycles. The number of anilines is 1. The molecule has 0 unspecified atom stereocenters. The fraction of sp³-hybridized carbons (Fsp3) is 0.636. The van der Waals surface area contributed by atoms with Gasteiger partial charge >= 0.3 is 0 Å². The van der Waals surface area contributed by atoms with Crippen LogP contribution in [0.4, 0.5) is 5.69 Å². The highest BCUT2D eigenvalue weighted by molar-refractivity contribution is 14.0. The Morgan fingerprint density at radius 3 is 2.38 bits per heavy atom. The number of benzene rings is 1. The molecule has 1 fully saturated rings. The van der Waals surface area contributed by atoms with Gasteiger partial charge in [-0.1, -0.05) is 25.0 Å². The number of nitrogens with zero attached hydrogens (tertiary/aromatic N) is 2. The van der Waals surface area contributed by atoms with Crippen LogP contribution in [0, 0.1) is 0 Å². The van der Waals surface area contributed by atoms with Gasteiger partial charge in [0.25, 0.3) is 0 Å². The third-order valence-corrected chi connectivity index (χ3v) is 4.93. The molecule has 0 bridgehead atoms. The summed E-state index contributed by atoms with van der Waals surface area (Å²) in [6.07, 6.45) is 7.50. The Morgan fingerprint density at radius 1 is 1.07 bits per heavy atom. The number of carbonyl (C=O) groups excluding carboxylic acids is 1. The summed E-state index contributed by atoms with van der Waals surface area (Å²) < 4.78 is 0. The van der Waals surface area contributed by atoms with Gasteiger partial charge in [0.05, 0.1) is 0 Å². The van der Waals surface area contributed by atoms with E-state index in [1.165, 1.54) is 51.3 Å². The molecule has 0 atom stereocenters. The number of hydrogen-bond acceptors (Lipinski definition) is 3. The van der Waals surface area contributed by atoms with E-state index >= 15 is 0 Å². The van der Waals surface area contributed by atoms with E-state index in [1.807, 2.05) is 12.1 Å². The first-order valence-electron chi connectivity index (χ1n) is 10.8. The summed E-state index contributed by atoms with van der Waals surface area (Å²) in [5.41, 5.74) is 2.07. The topological polar surface area (TPSA) is 68.8 Å². The van der Waals surface area contributed by atoms with E-state index in [0.29, 0.717) is 0 Å². The van der Waals surface area contributed by atoms with Gasteiger partial charge in [-0.3, -0.25) is 9.79 Å². The van der Waals surface area contributed by atoms with Crippen LogP contribution in [0.25, 0.3) is 0 Å². The van der Waals surface area contributed by atoms with Crippen molar-refractivity contribution in [3.05, 3.63) is 29.8 Å². The van der Waals surface area contributed by atoms with Gasteiger partial charge in [-0.05, 0) is 69.9 Å². The molecular weight excluding hydrogens is 477 g/mol. The highest BCUT2D eigenvalue weighted by atomic mass is 127. The van der Waals surface area contributed by atoms with Crippen LogP contribution in [0.5, 0.6) is 0 Å². The van der Waals surface area contributed by atoms with Crippen LogP contribution in [0.2, 0.25) is 0 Å². The molecule has 7 heteroatoms. The molecule has 164 valence electrons. The van der Waals surface area contributed by atoms with Crippen LogP contribution >= 0.6 is 24.0 Å². The highest BCUT2D eigenvalue weighted by Crippen LogP contribution is 2.10. The standard InChI is InChI=1S/C22H37N5O.HI/c1-3-23-22(24-14-8-18-27-16-6-4-5-7-17-27)25-15-13-20-9-11-21(12-10-20)26-19(2)28;/h9-12H,3-8,13-18H2,1-2H3,(H,26,28)(H2,23,24,25);1H. The quantitative estimate of drug-likeness (QED) is 0.203. The van der Waals surface area contributed by atoms with Crippen molar-refractivity contribution in [3.63, 3.8) is 0 Å². The Bertz CT molecular complexity index is 598. The zero-order valence-electron chi connectivity index (χ0n) is 18.0. The maximum absolute atomic E-state index is 11.1. The average Bonchev–Trinajstić information content (AvgIpc) is 2.95. The van der Waals surface area contributed by atoms with Crippen LogP contribution < -0.4 is 16.0 Å². The molecule has 1 aliphatic heterocycles. The van der Waals surface area contributed by atoms with Crippen LogP contribution in [-0.4, -0.2) is 56.0 Å². The Labute approximate surface area is 193 Å². The second-order valence-electron chi connectivity index (χ2n) is 7.42. The number of nitrogens with one attached hydrogen (secondary N) is 3. The number of amides is 1. The first kappa shape index (κ1) is 25.7. The van der Waals surface area contributed by atoms with Crippen molar-refractivity contribution in [2.45, 2.75) is 52.4 Å². The number of likely N-dealkylation sites (tertiary alicyclic amines) is 1. The van der Waals surface area contributed by atoms with E-state index in [4.69, 9.17) is 4.99 Å². The van der Waals surface area contributed by atoms with Gasteiger partial charge in [0.15, 0.2) is 5.96 Å². The minimum Gasteiger partial charge on any atom is -0.357 e. The van der Waals surface area contributed by atoms with E-state index in [-0.39, 0.29) is 29.9 Å². The van der Waals surface area contributed by atoms with Crippen LogP contribution in [0.3, 0.4) is 0 Å². The molecule has 0 saturated carbocycles.